The fourth-order valence-electron chi connectivity index (χ4n) is 6.17. The molecule has 0 aromatic heterocycles. The molecule has 0 amide bonds. The molecule has 9 heteroatoms. The van der Waals surface area contributed by atoms with E-state index in [1.807, 2.05) is 31.2 Å². The quantitative estimate of drug-likeness (QED) is 0.0431. The Balaban J connectivity index is 1.15. The summed E-state index contributed by atoms with van der Waals surface area (Å²) in [5.74, 6) is -1.78. The van der Waals surface area contributed by atoms with Gasteiger partial charge in [0.2, 0.25) is 0 Å². The number of ether oxygens (including phenoxy) is 4. The molecule has 0 radical (unpaired) electrons. The predicted molar refractivity (Wildman–Crippen MR) is 222 cm³/mol. The first kappa shape index (κ1) is 42.8. The molecule has 300 valence electrons. The summed E-state index contributed by atoms with van der Waals surface area (Å²) in [5, 5.41) is 0. The van der Waals surface area contributed by atoms with Crippen molar-refractivity contribution in [2.24, 2.45) is 0 Å². The van der Waals surface area contributed by atoms with E-state index in [1.165, 1.54) is 77.9 Å². The maximum absolute atomic E-state index is 13.3. The monoisotopic (exact) mass is 782 g/mol. The van der Waals surface area contributed by atoms with Crippen LogP contribution in [0.2, 0.25) is 0 Å². The van der Waals surface area contributed by atoms with Gasteiger partial charge in [0.05, 0.1) is 16.7 Å². The van der Waals surface area contributed by atoms with E-state index in [0.29, 0.717) is 25.0 Å². The summed E-state index contributed by atoms with van der Waals surface area (Å²) in [6.07, 6.45) is 7.30. The van der Waals surface area contributed by atoms with Gasteiger partial charge in [-0.2, -0.15) is 0 Å². The van der Waals surface area contributed by atoms with Crippen LogP contribution in [0.25, 0.3) is 0 Å². The molecule has 0 N–H and O–H groups in total. The first-order chi connectivity index (χ1) is 28.1. The number of ketones is 1. The predicted octanol–water partition coefficient (Wildman–Crippen LogP) is 10.5. The van der Waals surface area contributed by atoms with Crippen LogP contribution in [0.15, 0.2) is 115 Å². The minimum atomic E-state index is -0.722. The van der Waals surface area contributed by atoms with E-state index in [-0.39, 0.29) is 65.0 Å². The van der Waals surface area contributed by atoms with Crippen molar-refractivity contribution in [3.63, 3.8) is 0 Å². The Bertz CT molecular complexity index is 2150. The highest BCUT2D eigenvalue weighted by atomic mass is 16.5. The van der Waals surface area contributed by atoms with Gasteiger partial charge in [-0.15, -0.1) is 0 Å². The van der Waals surface area contributed by atoms with Gasteiger partial charge in [0.1, 0.15) is 23.0 Å². The number of hydrogen-bond donors (Lipinski definition) is 0. The minimum Gasteiger partial charge on any atom is -0.427 e. The van der Waals surface area contributed by atoms with Crippen LogP contribution in [0.5, 0.6) is 23.0 Å². The van der Waals surface area contributed by atoms with Gasteiger partial charge in [-0.1, -0.05) is 88.6 Å². The largest absolute Gasteiger partial charge is 0.427 e. The second-order valence-corrected chi connectivity index (χ2v) is 14.1. The summed E-state index contributed by atoms with van der Waals surface area (Å²) in [6.45, 7) is 6.23. The number of carbonyl (C=O) groups excluding carboxylic acids is 5. The third kappa shape index (κ3) is 13.1. The molecule has 5 aromatic carbocycles. The van der Waals surface area contributed by atoms with Gasteiger partial charge in [0, 0.05) is 19.3 Å². The fourth-order valence-corrected chi connectivity index (χ4v) is 6.17. The number of hydrogen-bond acceptors (Lipinski definition) is 9. The number of aryl methyl sites for hydroxylation is 4. The Morgan fingerprint density at radius 2 is 0.828 bits per heavy atom. The van der Waals surface area contributed by atoms with Crippen molar-refractivity contribution in [3.8, 4) is 23.0 Å². The lowest BCUT2D eigenvalue weighted by molar-refractivity contribution is -0.135. The molecule has 0 heterocycles. The third-order valence-electron chi connectivity index (χ3n) is 9.42. The molecule has 0 aliphatic rings. The minimum absolute atomic E-state index is 0.0174. The Hall–Kier alpha value is -6.35. The lowest BCUT2D eigenvalue weighted by Gasteiger charge is -2.12. The van der Waals surface area contributed by atoms with Crippen molar-refractivity contribution in [1.82, 2.24) is 0 Å². The second-order valence-electron chi connectivity index (χ2n) is 14.1. The van der Waals surface area contributed by atoms with Crippen LogP contribution < -0.4 is 18.9 Å². The number of esters is 4. The summed E-state index contributed by atoms with van der Waals surface area (Å²) in [5.41, 5.74) is 5.11. The van der Waals surface area contributed by atoms with Gasteiger partial charge in [0.25, 0.3) is 0 Å². The highest BCUT2D eigenvalue weighted by Gasteiger charge is 2.20. The maximum Gasteiger partial charge on any atom is 0.343 e. The molecule has 0 saturated carbocycles. The molecule has 0 spiro atoms. The summed E-state index contributed by atoms with van der Waals surface area (Å²) in [7, 11) is 0. The van der Waals surface area contributed by atoms with Crippen LogP contribution in [-0.4, -0.2) is 29.7 Å². The first-order valence-corrected chi connectivity index (χ1v) is 20.0. The molecule has 0 atom stereocenters. The van der Waals surface area contributed by atoms with E-state index in [4.69, 9.17) is 18.9 Å². The molecule has 5 aromatic rings. The molecule has 0 fully saturated rings. The average molecular weight is 783 g/mol. The Kier molecular flexibility index (Phi) is 16.1. The van der Waals surface area contributed by atoms with E-state index in [9.17, 15) is 24.0 Å². The lowest BCUT2D eigenvalue weighted by atomic mass is 10.0. The highest BCUT2D eigenvalue weighted by molar-refractivity contribution is 6.01. The van der Waals surface area contributed by atoms with E-state index in [0.717, 1.165) is 43.2 Å². The van der Waals surface area contributed by atoms with Crippen molar-refractivity contribution in [1.29, 1.82) is 0 Å². The van der Waals surface area contributed by atoms with Gasteiger partial charge < -0.3 is 18.9 Å². The second kappa shape index (κ2) is 21.8. The molecule has 0 aliphatic heterocycles. The molecule has 5 rings (SSSR count). The van der Waals surface area contributed by atoms with Crippen molar-refractivity contribution >= 4 is 29.7 Å². The van der Waals surface area contributed by atoms with Crippen LogP contribution in [0.4, 0.5) is 0 Å². The van der Waals surface area contributed by atoms with Gasteiger partial charge >= 0.3 is 23.9 Å². The first-order valence-electron chi connectivity index (χ1n) is 20.0. The Labute approximate surface area is 340 Å². The molecule has 0 bridgehead atoms. The van der Waals surface area contributed by atoms with Gasteiger partial charge in [-0.25, -0.2) is 9.59 Å². The van der Waals surface area contributed by atoms with Crippen molar-refractivity contribution in [2.45, 2.75) is 91.4 Å². The molecule has 0 unspecified atom stereocenters. The molecular weight excluding hydrogens is 733 g/mol. The lowest BCUT2D eigenvalue weighted by Crippen LogP contribution is -2.13. The van der Waals surface area contributed by atoms with Crippen LogP contribution >= 0.6 is 0 Å². The number of unbranched alkanes of at least 4 members (excludes halogenated alkanes) is 1. The summed E-state index contributed by atoms with van der Waals surface area (Å²) in [4.78, 5) is 64.5. The average Bonchev–Trinajstić information content (AvgIpc) is 3.23. The molecule has 0 saturated heterocycles. The molecule has 0 aliphatic carbocycles. The van der Waals surface area contributed by atoms with Crippen molar-refractivity contribution in [3.05, 3.63) is 154 Å². The van der Waals surface area contributed by atoms with Crippen LogP contribution in [0.3, 0.4) is 0 Å². The van der Waals surface area contributed by atoms with E-state index < -0.39 is 17.9 Å². The molecule has 58 heavy (non-hydrogen) atoms. The van der Waals surface area contributed by atoms with Gasteiger partial charge in [0.15, 0.2) is 5.78 Å². The van der Waals surface area contributed by atoms with Crippen LogP contribution in [-0.2, 0) is 35.3 Å². The third-order valence-corrected chi connectivity index (χ3v) is 9.42. The van der Waals surface area contributed by atoms with E-state index in [1.54, 1.807) is 0 Å². The number of carbonyl (C=O) groups is 5. The Morgan fingerprint density at radius 1 is 0.414 bits per heavy atom. The van der Waals surface area contributed by atoms with Crippen molar-refractivity contribution < 1.29 is 42.9 Å². The van der Waals surface area contributed by atoms with Crippen LogP contribution in [0.1, 0.15) is 119 Å². The van der Waals surface area contributed by atoms with Crippen LogP contribution in [0, 0.1) is 0 Å². The zero-order valence-electron chi connectivity index (χ0n) is 33.4. The van der Waals surface area contributed by atoms with E-state index >= 15 is 0 Å². The van der Waals surface area contributed by atoms with Crippen molar-refractivity contribution in [2.75, 3.05) is 0 Å². The number of Topliss-reactive ketones (excluding diaryl/α,β-unsaturated/α-hetero) is 1. The highest BCUT2D eigenvalue weighted by Crippen LogP contribution is 2.28. The zero-order valence-corrected chi connectivity index (χ0v) is 33.4. The summed E-state index contributed by atoms with van der Waals surface area (Å²) >= 11 is 0. The summed E-state index contributed by atoms with van der Waals surface area (Å²) in [6, 6.07) is 32.6. The number of benzene rings is 5. The fraction of sp³-hybridized carbons (Fsp3) is 0.286. The topological polar surface area (TPSA) is 122 Å². The maximum atomic E-state index is 13.3. The van der Waals surface area contributed by atoms with Gasteiger partial charge in [-0.3, -0.25) is 14.4 Å². The normalized spacial score (nSPS) is 10.7. The SMILES string of the molecule is CCCCC(=O)c1cc(OC(=O)c2ccc(OC(=O)CCc3ccc(CCC)cc3)cc2)ccc1OC(=O)c1ccc(OC(=O)CCc2ccc(CCC)cc2)cc1. The number of rotatable bonds is 20. The smallest absolute Gasteiger partial charge is 0.343 e. The molecular formula is C49H50O9. The van der Waals surface area contributed by atoms with Gasteiger partial charge in [-0.05, 0) is 121 Å². The Morgan fingerprint density at radius 3 is 1.26 bits per heavy atom. The zero-order chi connectivity index (χ0) is 41.3. The summed E-state index contributed by atoms with van der Waals surface area (Å²) < 4.78 is 22.2. The molecule has 9 nitrogen and oxygen atoms in total. The van der Waals surface area contributed by atoms with E-state index in [2.05, 4.69) is 38.1 Å². The standard InChI is InChI=1S/C49H50O9/c1-4-7-10-44(50)43-33-42(57-48(53)38-21-25-40(26-22-38)55-46(51)31-19-36-15-11-34(8-5-2)12-16-36)29-30-45(43)58-49(54)39-23-27-41(28-24-39)56-47(52)32-20-37-17-13-35(9-6-3)14-18-37/h11-18,21-30,33H,4-10,19-20,31-32H2,1-3H3.